The van der Waals surface area contributed by atoms with E-state index in [0.717, 1.165) is 0 Å². The molecule has 2 unspecified atom stereocenters. The van der Waals surface area contributed by atoms with Crippen LogP contribution in [-0.2, 0) is 14.3 Å². The van der Waals surface area contributed by atoms with Gasteiger partial charge in [-0.15, -0.1) is 0 Å². The molecule has 0 aliphatic rings. The van der Waals surface area contributed by atoms with Crippen molar-refractivity contribution >= 4 is 11.8 Å². The first-order chi connectivity index (χ1) is 12.7. The largest absolute Gasteiger partial charge is 0.458 e. The number of hydrogen-bond donors (Lipinski definition) is 2. The second kappa shape index (κ2) is 8.75. The Morgan fingerprint density at radius 3 is 1.69 bits per heavy atom. The maximum Gasteiger partial charge on any atom is 0.458 e. The van der Waals surface area contributed by atoms with Gasteiger partial charge in [-0.3, -0.25) is 14.3 Å². The lowest BCUT2D eigenvalue weighted by Crippen LogP contribution is -2.64. The third-order valence-electron chi connectivity index (χ3n) is 3.32. The summed E-state index contributed by atoms with van der Waals surface area (Å²) in [5, 5.41) is 3.34. The molecule has 2 amide bonds. The molecule has 29 heavy (non-hydrogen) atoms. The number of nitrogens with one attached hydrogen (secondary N) is 2. The second-order valence-corrected chi connectivity index (χ2v) is 5.86. The Labute approximate surface area is 157 Å². The smallest absolute Gasteiger partial charge is 0.352 e. The van der Waals surface area contributed by atoms with E-state index in [1.165, 1.54) is 12.2 Å². The van der Waals surface area contributed by atoms with Crippen LogP contribution in [-0.4, -0.2) is 54.9 Å². The lowest BCUT2D eigenvalue weighted by Gasteiger charge is -2.36. The Hall–Kier alpha value is -2.06. The summed E-state index contributed by atoms with van der Waals surface area (Å²) in [6.07, 6.45) is -19.8. The van der Waals surface area contributed by atoms with Crippen molar-refractivity contribution < 1.29 is 58.2 Å². The summed E-state index contributed by atoms with van der Waals surface area (Å²) in [6, 6.07) is 0. The van der Waals surface area contributed by atoms with Gasteiger partial charge in [0.25, 0.3) is 11.6 Å². The average molecular weight is 450 g/mol. The molecule has 0 radical (unpaired) electrons. The first-order valence-electron chi connectivity index (χ1n) is 7.52. The van der Waals surface area contributed by atoms with Crippen molar-refractivity contribution in [3.05, 3.63) is 12.2 Å². The number of hydrogen-bond acceptors (Lipinski definition) is 3. The van der Waals surface area contributed by atoms with Crippen LogP contribution in [0.25, 0.3) is 0 Å². The van der Waals surface area contributed by atoms with Gasteiger partial charge in [0, 0.05) is 18.7 Å². The summed E-state index contributed by atoms with van der Waals surface area (Å²) < 4.78 is 132. The molecule has 0 fully saturated rings. The molecule has 5 nitrogen and oxygen atoms in total. The molecule has 2 atom stereocenters. The van der Waals surface area contributed by atoms with Gasteiger partial charge >= 0.3 is 24.3 Å². The SMILES string of the molecule is C=C(C)C(=O)NCCCNC(=O)C(F)(OC(F)(F)C(C)(F)C(F)(F)F)C(F)(F)F. The van der Waals surface area contributed by atoms with E-state index in [2.05, 4.69) is 16.6 Å². The molecule has 0 bridgehead atoms. The maximum atomic E-state index is 14.0. The second-order valence-electron chi connectivity index (χ2n) is 5.86. The predicted molar refractivity (Wildman–Crippen MR) is 76.9 cm³/mol. The molecule has 0 spiro atoms. The van der Waals surface area contributed by atoms with Gasteiger partial charge in [0.1, 0.15) is 0 Å². The van der Waals surface area contributed by atoms with E-state index < -0.39 is 55.3 Å². The standard InChI is InChI=1S/C14H16F10N2O3/c1-7(2)8(27)25-5-4-6-26-9(28)11(16,13(20,21)22)29-14(23,24)10(3,15)12(17,18)19/h1,4-6H2,2-3H3,(H,25,27)(H,26,28). The number of halogens is 10. The van der Waals surface area contributed by atoms with Crippen molar-refractivity contribution in [2.75, 3.05) is 13.1 Å². The highest BCUT2D eigenvalue weighted by atomic mass is 19.4. The maximum absolute atomic E-state index is 14.0. The van der Waals surface area contributed by atoms with Crippen LogP contribution in [0, 0.1) is 0 Å². The third-order valence-corrected chi connectivity index (χ3v) is 3.32. The molecule has 170 valence electrons. The van der Waals surface area contributed by atoms with Crippen LogP contribution in [0.3, 0.4) is 0 Å². The highest BCUT2D eigenvalue weighted by Crippen LogP contribution is 2.49. The summed E-state index contributed by atoms with van der Waals surface area (Å²) in [4.78, 5) is 22.5. The number of rotatable bonds is 9. The van der Waals surface area contributed by atoms with Gasteiger partial charge < -0.3 is 10.6 Å². The van der Waals surface area contributed by atoms with Crippen LogP contribution in [0.1, 0.15) is 20.3 Å². The lowest BCUT2D eigenvalue weighted by atomic mass is 10.1. The number of amides is 2. The van der Waals surface area contributed by atoms with Crippen LogP contribution < -0.4 is 10.6 Å². The first-order valence-corrected chi connectivity index (χ1v) is 7.52. The van der Waals surface area contributed by atoms with E-state index in [9.17, 15) is 53.5 Å². The van der Waals surface area contributed by atoms with Crippen LogP contribution >= 0.6 is 0 Å². The third kappa shape index (κ3) is 6.21. The van der Waals surface area contributed by atoms with Gasteiger partial charge in [-0.05, 0) is 20.3 Å². The Balaban J connectivity index is 5.31. The Bertz CT molecular complexity index is 630. The normalized spacial score (nSPS) is 17.1. The Kier molecular flexibility index (Phi) is 8.13. The quantitative estimate of drug-likeness (QED) is 0.322. The van der Waals surface area contributed by atoms with E-state index in [0.29, 0.717) is 0 Å². The Morgan fingerprint density at radius 2 is 1.31 bits per heavy atom. The van der Waals surface area contributed by atoms with Crippen molar-refractivity contribution in [3.63, 3.8) is 0 Å². The first kappa shape index (κ1) is 26.9. The van der Waals surface area contributed by atoms with Gasteiger partial charge in [-0.1, -0.05) is 6.58 Å². The monoisotopic (exact) mass is 450 g/mol. The molecule has 0 aliphatic carbocycles. The van der Waals surface area contributed by atoms with Gasteiger partial charge in [0.05, 0.1) is 0 Å². The Morgan fingerprint density at radius 1 is 0.862 bits per heavy atom. The lowest BCUT2D eigenvalue weighted by molar-refractivity contribution is -0.445. The van der Waals surface area contributed by atoms with E-state index in [1.54, 1.807) is 0 Å². The zero-order valence-electron chi connectivity index (χ0n) is 14.8. The van der Waals surface area contributed by atoms with Crippen LogP contribution in [0.15, 0.2) is 12.2 Å². The van der Waals surface area contributed by atoms with E-state index in [4.69, 9.17) is 0 Å². The predicted octanol–water partition coefficient (Wildman–Crippen LogP) is 3.31. The minimum absolute atomic E-state index is 0.0587. The summed E-state index contributed by atoms with van der Waals surface area (Å²) in [5.41, 5.74) is -5.70. The molecule has 2 N–H and O–H groups in total. The molecule has 0 aromatic rings. The van der Waals surface area contributed by atoms with Crippen molar-refractivity contribution in [2.24, 2.45) is 0 Å². The summed E-state index contributed by atoms with van der Waals surface area (Å²) in [7, 11) is 0. The molecule has 0 aromatic heterocycles. The zero-order chi connectivity index (χ0) is 23.5. The molecule has 0 saturated carbocycles. The van der Waals surface area contributed by atoms with Crippen LogP contribution in [0.4, 0.5) is 43.9 Å². The van der Waals surface area contributed by atoms with Crippen molar-refractivity contribution in [3.8, 4) is 0 Å². The minimum atomic E-state index is -6.59. The molecule has 0 aliphatic heterocycles. The van der Waals surface area contributed by atoms with Gasteiger partial charge in [-0.25, -0.2) is 4.39 Å². The number of carbonyl (C=O) groups excluding carboxylic acids is 2. The summed E-state index contributed by atoms with van der Waals surface area (Å²) >= 11 is 0. The minimum Gasteiger partial charge on any atom is -0.352 e. The van der Waals surface area contributed by atoms with E-state index in [-0.39, 0.29) is 18.5 Å². The number of alkyl halides is 10. The molecule has 15 heteroatoms. The fourth-order valence-electron chi connectivity index (χ4n) is 1.43. The van der Waals surface area contributed by atoms with Crippen LogP contribution in [0.2, 0.25) is 0 Å². The summed E-state index contributed by atoms with van der Waals surface area (Å²) in [5.74, 6) is -9.60. The fourth-order valence-corrected chi connectivity index (χ4v) is 1.43. The van der Waals surface area contributed by atoms with Gasteiger partial charge in [0.2, 0.25) is 5.91 Å². The van der Waals surface area contributed by atoms with Crippen molar-refractivity contribution in [2.45, 2.75) is 50.3 Å². The molecule has 0 heterocycles. The van der Waals surface area contributed by atoms with Crippen molar-refractivity contribution in [1.82, 2.24) is 10.6 Å². The zero-order valence-corrected chi connectivity index (χ0v) is 14.8. The van der Waals surface area contributed by atoms with Gasteiger partial charge in [0.15, 0.2) is 0 Å². The molecule has 0 rings (SSSR count). The van der Waals surface area contributed by atoms with Crippen LogP contribution in [0.5, 0.6) is 0 Å². The van der Waals surface area contributed by atoms with E-state index >= 15 is 0 Å². The topological polar surface area (TPSA) is 67.4 Å². The average Bonchev–Trinajstić information content (AvgIpc) is 2.50. The van der Waals surface area contributed by atoms with Crippen molar-refractivity contribution in [1.29, 1.82) is 0 Å². The molecular weight excluding hydrogens is 434 g/mol. The number of ether oxygens (including phenoxy) is 1. The summed E-state index contributed by atoms with van der Waals surface area (Å²) in [6.45, 7) is 2.58. The molecule has 0 aromatic carbocycles. The highest BCUT2D eigenvalue weighted by Gasteiger charge is 2.76. The number of carbonyl (C=O) groups is 2. The molecular formula is C14H16F10N2O3. The van der Waals surface area contributed by atoms with E-state index in [1.807, 2.05) is 0 Å². The van der Waals surface area contributed by atoms with Gasteiger partial charge in [-0.2, -0.15) is 39.5 Å². The molecule has 0 saturated heterocycles. The highest BCUT2D eigenvalue weighted by molar-refractivity contribution is 5.92. The fraction of sp³-hybridized carbons (Fsp3) is 0.714.